The van der Waals surface area contributed by atoms with E-state index < -0.39 is 5.97 Å². The molecule has 2 rings (SSSR count). The number of amides is 2. The Hall–Kier alpha value is -2.80. The van der Waals surface area contributed by atoms with E-state index >= 15 is 0 Å². The maximum absolute atomic E-state index is 11.7. The summed E-state index contributed by atoms with van der Waals surface area (Å²) in [6, 6.07) is 12.1. The minimum Gasteiger partial charge on any atom is -0.478 e. The van der Waals surface area contributed by atoms with Gasteiger partial charge in [-0.3, -0.25) is 9.59 Å². The first-order valence-corrected chi connectivity index (χ1v) is 9.00. The number of hydrogen-bond donors (Lipinski definition) is 3. The number of para-hydroxylation sites is 1. The minimum absolute atomic E-state index is 0.0203. The molecule has 26 heavy (non-hydrogen) atoms. The molecule has 2 aromatic rings. The van der Waals surface area contributed by atoms with Gasteiger partial charge in [-0.2, -0.15) is 0 Å². The van der Waals surface area contributed by atoms with Gasteiger partial charge in [0.1, 0.15) is 0 Å². The topological polar surface area (TPSA) is 95.5 Å². The van der Waals surface area contributed by atoms with E-state index in [1.165, 1.54) is 17.8 Å². The zero-order chi connectivity index (χ0) is 19.1. The zero-order valence-electron chi connectivity index (χ0n) is 14.5. The fourth-order valence-corrected chi connectivity index (χ4v) is 3.08. The molecule has 2 amide bonds. The summed E-state index contributed by atoms with van der Waals surface area (Å²) in [6.45, 7) is 3.47. The third-order valence-corrected chi connectivity index (χ3v) is 4.59. The van der Waals surface area contributed by atoms with E-state index in [-0.39, 0.29) is 29.5 Å². The van der Waals surface area contributed by atoms with Crippen LogP contribution in [0.3, 0.4) is 0 Å². The number of benzene rings is 2. The fourth-order valence-electron chi connectivity index (χ4n) is 2.14. The van der Waals surface area contributed by atoms with Crippen LogP contribution >= 0.6 is 11.8 Å². The first-order chi connectivity index (χ1) is 12.4. The van der Waals surface area contributed by atoms with Gasteiger partial charge in [0.2, 0.25) is 11.8 Å². The van der Waals surface area contributed by atoms with E-state index in [9.17, 15) is 19.5 Å². The van der Waals surface area contributed by atoms with Gasteiger partial charge in [0, 0.05) is 22.6 Å². The van der Waals surface area contributed by atoms with Gasteiger partial charge in [0.05, 0.1) is 16.9 Å². The summed E-state index contributed by atoms with van der Waals surface area (Å²) >= 11 is 1.34. The lowest BCUT2D eigenvalue weighted by Crippen LogP contribution is -2.13. The first kappa shape index (κ1) is 19.5. The number of carboxylic acid groups (broad SMARTS) is 1. The van der Waals surface area contributed by atoms with E-state index in [1.54, 1.807) is 32.0 Å². The van der Waals surface area contributed by atoms with Gasteiger partial charge in [0.15, 0.2) is 0 Å². The molecule has 0 saturated carbocycles. The van der Waals surface area contributed by atoms with Crippen molar-refractivity contribution in [2.75, 3.05) is 10.6 Å². The van der Waals surface area contributed by atoms with Gasteiger partial charge in [-0.05, 0) is 30.3 Å². The lowest BCUT2D eigenvalue weighted by Gasteiger charge is -2.12. The molecule has 0 fully saturated rings. The van der Waals surface area contributed by atoms with Crippen LogP contribution in [0.15, 0.2) is 52.3 Å². The van der Waals surface area contributed by atoms with Crippen molar-refractivity contribution in [2.45, 2.75) is 36.5 Å². The van der Waals surface area contributed by atoms with E-state index in [0.717, 1.165) is 4.90 Å². The molecular formula is C19H20N2O4S. The quantitative estimate of drug-likeness (QED) is 0.676. The molecule has 0 aliphatic heterocycles. The largest absolute Gasteiger partial charge is 0.478 e. The van der Waals surface area contributed by atoms with Crippen LogP contribution in [-0.2, 0) is 9.59 Å². The van der Waals surface area contributed by atoms with Crippen molar-refractivity contribution in [3.05, 3.63) is 48.0 Å². The van der Waals surface area contributed by atoms with E-state index in [2.05, 4.69) is 10.6 Å². The van der Waals surface area contributed by atoms with Crippen molar-refractivity contribution < 1.29 is 19.5 Å². The number of rotatable bonds is 7. The Kier molecular flexibility index (Phi) is 6.80. The monoisotopic (exact) mass is 372 g/mol. The van der Waals surface area contributed by atoms with E-state index in [4.69, 9.17) is 0 Å². The fraction of sp³-hybridized carbons (Fsp3) is 0.211. The highest BCUT2D eigenvalue weighted by atomic mass is 32.2. The summed E-state index contributed by atoms with van der Waals surface area (Å²) in [5, 5.41) is 14.9. The Bertz CT molecular complexity index is 836. The van der Waals surface area contributed by atoms with Crippen molar-refractivity contribution in [1.82, 2.24) is 0 Å². The third-order valence-electron chi connectivity index (χ3n) is 3.53. The van der Waals surface area contributed by atoms with Crippen molar-refractivity contribution >= 4 is 40.9 Å². The highest BCUT2D eigenvalue weighted by Gasteiger charge is 2.14. The number of hydrogen-bond acceptors (Lipinski definition) is 4. The van der Waals surface area contributed by atoms with Crippen molar-refractivity contribution in [1.29, 1.82) is 0 Å². The summed E-state index contributed by atoms with van der Waals surface area (Å²) in [4.78, 5) is 36.2. The number of carbonyl (C=O) groups excluding carboxylic acids is 2. The molecule has 0 bridgehead atoms. The summed E-state index contributed by atoms with van der Waals surface area (Å²) in [5.41, 5.74) is 0.956. The Balaban J connectivity index is 2.30. The second-order valence-corrected chi connectivity index (χ2v) is 6.53. The third kappa shape index (κ3) is 5.10. The molecule has 136 valence electrons. The normalized spacial score (nSPS) is 10.2. The number of aromatic carboxylic acids is 1. The standard InChI is InChI=1S/C19H20N2O4S/c1-3-17(22)20-14-10-9-12(11-13(14)19(24)25)26-16-8-6-5-7-15(16)21-18(23)4-2/h5-11H,3-4H2,1-2H3,(H,20,22)(H,21,23)(H,24,25). The Labute approximate surface area is 156 Å². The lowest BCUT2D eigenvalue weighted by atomic mass is 10.1. The Morgan fingerprint density at radius 3 is 2.15 bits per heavy atom. The number of carbonyl (C=O) groups is 3. The predicted molar refractivity (Wildman–Crippen MR) is 102 cm³/mol. The van der Waals surface area contributed by atoms with Crippen molar-refractivity contribution in [2.24, 2.45) is 0 Å². The molecule has 2 aromatic carbocycles. The van der Waals surface area contributed by atoms with Crippen molar-refractivity contribution in [3.8, 4) is 0 Å². The molecule has 0 atom stereocenters. The summed E-state index contributed by atoms with van der Waals surface area (Å²) in [7, 11) is 0. The highest BCUT2D eigenvalue weighted by Crippen LogP contribution is 2.35. The van der Waals surface area contributed by atoms with Gasteiger partial charge in [-0.1, -0.05) is 37.7 Å². The van der Waals surface area contributed by atoms with Crippen LogP contribution in [0, 0.1) is 0 Å². The average Bonchev–Trinajstić information content (AvgIpc) is 2.64. The molecule has 0 heterocycles. The number of carboxylic acids is 1. The van der Waals surface area contributed by atoms with Crippen LogP contribution in [0.25, 0.3) is 0 Å². The molecule has 0 aliphatic rings. The van der Waals surface area contributed by atoms with Gasteiger partial charge < -0.3 is 15.7 Å². The summed E-state index contributed by atoms with van der Waals surface area (Å²) in [6.07, 6.45) is 0.633. The van der Waals surface area contributed by atoms with Crippen LogP contribution in [-0.4, -0.2) is 22.9 Å². The maximum Gasteiger partial charge on any atom is 0.337 e. The van der Waals surface area contributed by atoms with Crippen LogP contribution in [0.4, 0.5) is 11.4 Å². The maximum atomic E-state index is 11.7. The van der Waals surface area contributed by atoms with Crippen LogP contribution < -0.4 is 10.6 Å². The van der Waals surface area contributed by atoms with Crippen LogP contribution in [0.1, 0.15) is 37.0 Å². The van der Waals surface area contributed by atoms with Crippen LogP contribution in [0.2, 0.25) is 0 Å². The molecule has 0 unspecified atom stereocenters. The molecule has 0 spiro atoms. The molecular weight excluding hydrogens is 352 g/mol. The molecule has 6 nitrogen and oxygen atoms in total. The van der Waals surface area contributed by atoms with Crippen molar-refractivity contribution in [3.63, 3.8) is 0 Å². The molecule has 3 N–H and O–H groups in total. The van der Waals surface area contributed by atoms with E-state index in [1.807, 2.05) is 18.2 Å². The summed E-state index contributed by atoms with van der Waals surface area (Å²) in [5.74, 6) is -1.46. The molecule has 0 aliphatic carbocycles. The minimum atomic E-state index is -1.12. The Morgan fingerprint density at radius 1 is 0.923 bits per heavy atom. The predicted octanol–water partition coefficient (Wildman–Crippen LogP) is 4.23. The molecule has 7 heteroatoms. The zero-order valence-corrected chi connectivity index (χ0v) is 15.4. The van der Waals surface area contributed by atoms with Gasteiger partial charge in [-0.25, -0.2) is 4.79 Å². The molecule has 0 radical (unpaired) electrons. The molecule has 0 saturated heterocycles. The molecule has 0 aromatic heterocycles. The smallest absolute Gasteiger partial charge is 0.337 e. The van der Waals surface area contributed by atoms with Gasteiger partial charge in [-0.15, -0.1) is 0 Å². The number of nitrogens with one attached hydrogen (secondary N) is 2. The highest BCUT2D eigenvalue weighted by molar-refractivity contribution is 7.99. The van der Waals surface area contributed by atoms with Gasteiger partial charge in [0.25, 0.3) is 0 Å². The Morgan fingerprint density at radius 2 is 1.54 bits per heavy atom. The van der Waals surface area contributed by atoms with E-state index in [0.29, 0.717) is 17.0 Å². The SMILES string of the molecule is CCC(=O)Nc1ccccc1Sc1ccc(NC(=O)CC)c(C(=O)O)c1. The first-order valence-electron chi connectivity index (χ1n) is 8.18. The number of anilines is 2. The average molecular weight is 372 g/mol. The van der Waals surface area contributed by atoms with Gasteiger partial charge >= 0.3 is 5.97 Å². The lowest BCUT2D eigenvalue weighted by molar-refractivity contribution is -0.116. The summed E-state index contributed by atoms with van der Waals surface area (Å²) < 4.78 is 0. The second kappa shape index (κ2) is 9.05. The van der Waals surface area contributed by atoms with Crippen LogP contribution in [0.5, 0.6) is 0 Å². The second-order valence-electron chi connectivity index (χ2n) is 5.41.